The van der Waals surface area contributed by atoms with Gasteiger partial charge in [-0.2, -0.15) is 0 Å². The summed E-state index contributed by atoms with van der Waals surface area (Å²) in [6, 6.07) is 14.6. The van der Waals surface area contributed by atoms with Gasteiger partial charge in [0.05, 0.1) is 11.5 Å². The molecule has 1 heterocycles. The van der Waals surface area contributed by atoms with Gasteiger partial charge < -0.3 is 5.32 Å². The minimum Gasteiger partial charge on any atom is -0.319 e. The highest BCUT2D eigenvalue weighted by Crippen LogP contribution is 2.27. The van der Waals surface area contributed by atoms with Crippen molar-refractivity contribution < 1.29 is 9.72 Å². The van der Waals surface area contributed by atoms with Crippen molar-refractivity contribution in [3.05, 3.63) is 69.2 Å². The van der Waals surface area contributed by atoms with Crippen molar-refractivity contribution in [3.63, 3.8) is 0 Å². The number of nitrogens with zero attached hydrogens (tertiary/aromatic N) is 3. The average molecular weight is 403 g/mol. The molecule has 1 fully saturated rings. The first-order valence-corrected chi connectivity index (χ1v) is 9.61. The molecule has 0 aromatic heterocycles. The van der Waals surface area contributed by atoms with Gasteiger partial charge in [-0.15, -0.1) is 0 Å². The van der Waals surface area contributed by atoms with Gasteiger partial charge in [-0.25, -0.2) is 0 Å². The lowest BCUT2D eigenvalue weighted by atomic mass is 10.2. The van der Waals surface area contributed by atoms with Crippen LogP contribution in [-0.4, -0.2) is 53.4 Å². The molecule has 28 heavy (non-hydrogen) atoms. The van der Waals surface area contributed by atoms with E-state index in [1.165, 1.54) is 23.8 Å². The summed E-state index contributed by atoms with van der Waals surface area (Å²) in [6.07, 6.45) is 0.973. The van der Waals surface area contributed by atoms with Crippen LogP contribution < -0.4 is 5.32 Å². The Labute approximate surface area is 169 Å². The molecule has 2 aromatic carbocycles. The molecule has 148 valence electrons. The number of hydrogen-bond acceptors (Lipinski definition) is 5. The summed E-state index contributed by atoms with van der Waals surface area (Å²) >= 11 is 5.81. The molecule has 1 saturated heterocycles. The van der Waals surface area contributed by atoms with Crippen molar-refractivity contribution in [2.75, 3.05) is 38.0 Å². The maximum Gasteiger partial charge on any atom is 0.294 e. The number of halogens is 1. The number of anilines is 1. The average Bonchev–Trinajstić information content (AvgIpc) is 2.89. The second-order valence-electron chi connectivity index (χ2n) is 6.86. The molecule has 1 aliphatic rings. The van der Waals surface area contributed by atoms with Gasteiger partial charge in [-0.05, 0) is 37.2 Å². The number of rotatable bonds is 6. The molecule has 7 nitrogen and oxygen atoms in total. The van der Waals surface area contributed by atoms with Crippen LogP contribution in [0.25, 0.3) is 0 Å². The molecule has 0 spiro atoms. The Morgan fingerprint density at radius 3 is 2.54 bits per heavy atom. The highest BCUT2D eigenvalue weighted by atomic mass is 35.5. The molecule has 0 bridgehead atoms. The molecule has 1 N–H and O–H groups in total. The quantitative estimate of drug-likeness (QED) is 0.591. The third-order valence-corrected chi connectivity index (χ3v) is 4.96. The van der Waals surface area contributed by atoms with E-state index in [0.717, 1.165) is 39.1 Å². The van der Waals surface area contributed by atoms with Gasteiger partial charge in [0.2, 0.25) is 5.91 Å². The summed E-state index contributed by atoms with van der Waals surface area (Å²) in [4.78, 5) is 27.5. The van der Waals surface area contributed by atoms with E-state index in [0.29, 0.717) is 0 Å². The summed E-state index contributed by atoms with van der Waals surface area (Å²) in [5, 5.41) is 14.1. The Kier molecular flexibility index (Phi) is 6.97. The fraction of sp³-hybridized carbons (Fsp3) is 0.350. The first-order chi connectivity index (χ1) is 13.5. The van der Waals surface area contributed by atoms with Gasteiger partial charge in [0.25, 0.3) is 5.69 Å². The Hall–Kier alpha value is -2.48. The van der Waals surface area contributed by atoms with E-state index >= 15 is 0 Å². The Balaban J connectivity index is 1.53. The summed E-state index contributed by atoms with van der Waals surface area (Å²) in [5.74, 6) is -0.262. The molecular formula is C20H23ClN4O3. The first-order valence-electron chi connectivity index (χ1n) is 9.24. The maximum atomic E-state index is 12.4. The molecule has 0 saturated carbocycles. The predicted molar refractivity (Wildman–Crippen MR) is 110 cm³/mol. The van der Waals surface area contributed by atoms with Crippen LogP contribution in [0.5, 0.6) is 0 Å². The largest absolute Gasteiger partial charge is 0.319 e. The van der Waals surface area contributed by atoms with Gasteiger partial charge in [0.1, 0.15) is 5.69 Å². The Morgan fingerprint density at radius 1 is 1.07 bits per heavy atom. The van der Waals surface area contributed by atoms with Crippen LogP contribution in [-0.2, 0) is 11.3 Å². The second kappa shape index (κ2) is 9.64. The van der Waals surface area contributed by atoms with E-state index in [2.05, 4.69) is 27.2 Å². The number of carbonyl (C=O) groups excluding carboxylic acids is 1. The van der Waals surface area contributed by atoms with Gasteiger partial charge in [-0.1, -0.05) is 41.9 Å². The standard InChI is InChI=1S/C20H23ClN4O3/c21-17-7-8-18(19(13-17)25(27)28)22-20(26)15-24-10-4-9-23(11-12-24)14-16-5-2-1-3-6-16/h1-3,5-8,13H,4,9-12,14-15H2,(H,22,26). The second-order valence-corrected chi connectivity index (χ2v) is 7.29. The van der Waals surface area contributed by atoms with E-state index in [4.69, 9.17) is 11.6 Å². The molecule has 0 radical (unpaired) electrons. The van der Waals surface area contributed by atoms with Gasteiger partial charge in [0.15, 0.2) is 0 Å². The lowest BCUT2D eigenvalue weighted by Crippen LogP contribution is -2.36. The van der Waals surface area contributed by atoms with Gasteiger partial charge >= 0.3 is 0 Å². The number of nitro groups is 1. The normalized spacial score (nSPS) is 15.8. The molecule has 0 unspecified atom stereocenters. The third kappa shape index (κ3) is 5.76. The van der Waals surface area contributed by atoms with Gasteiger partial charge in [0, 0.05) is 30.7 Å². The SMILES string of the molecule is O=C(CN1CCCN(Cc2ccccc2)CC1)Nc1ccc(Cl)cc1[N+](=O)[O-]. The fourth-order valence-corrected chi connectivity index (χ4v) is 3.50. The van der Waals surface area contributed by atoms with Crippen molar-refractivity contribution in [1.82, 2.24) is 9.80 Å². The zero-order valence-electron chi connectivity index (χ0n) is 15.5. The first kappa shape index (κ1) is 20.3. The minimum absolute atomic E-state index is 0.167. The number of hydrogen-bond donors (Lipinski definition) is 1. The molecule has 0 atom stereocenters. The lowest BCUT2D eigenvalue weighted by molar-refractivity contribution is -0.383. The topological polar surface area (TPSA) is 78.7 Å². The molecule has 8 heteroatoms. The molecule has 0 aliphatic carbocycles. The van der Waals surface area contributed by atoms with Gasteiger partial charge in [-0.3, -0.25) is 24.7 Å². The number of amides is 1. The smallest absolute Gasteiger partial charge is 0.294 e. The maximum absolute atomic E-state index is 12.4. The van der Waals surface area contributed by atoms with Crippen LogP contribution in [0, 0.1) is 10.1 Å². The summed E-state index contributed by atoms with van der Waals surface area (Å²) in [5.41, 5.74) is 1.24. The molecule has 2 aromatic rings. The summed E-state index contributed by atoms with van der Waals surface area (Å²) < 4.78 is 0. The third-order valence-electron chi connectivity index (χ3n) is 4.73. The predicted octanol–water partition coefficient (Wildman–Crippen LogP) is 3.39. The fourth-order valence-electron chi connectivity index (χ4n) is 3.34. The van der Waals surface area contributed by atoms with Crippen LogP contribution in [0.3, 0.4) is 0 Å². The monoisotopic (exact) mass is 402 g/mol. The lowest BCUT2D eigenvalue weighted by Gasteiger charge is -2.21. The Bertz CT molecular complexity index is 831. The van der Waals surface area contributed by atoms with Crippen molar-refractivity contribution >= 4 is 28.9 Å². The van der Waals surface area contributed by atoms with E-state index in [-0.39, 0.29) is 28.8 Å². The molecule has 1 aliphatic heterocycles. The van der Waals surface area contributed by atoms with E-state index < -0.39 is 4.92 Å². The van der Waals surface area contributed by atoms with Crippen molar-refractivity contribution in [1.29, 1.82) is 0 Å². The number of benzene rings is 2. The zero-order chi connectivity index (χ0) is 19.9. The molecule has 3 rings (SSSR count). The van der Waals surface area contributed by atoms with E-state index in [1.807, 2.05) is 18.2 Å². The van der Waals surface area contributed by atoms with E-state index in [9.17, 15) is 14.9 Å². The number of nitro benzene ring substituents is 1. The van der Waals surface area contributed by atoms with Crippen molar-refractivity contribution in [3.8, 4) is 0 Å². The number of nitrogens with one attached hydrogen (secondary N) is 1. The highest BCUT2D eigenvalue weighted by molar-refractivity contribution is 6.31. The molecule has 1 amide bonds. The summed E-state index contributed by atoms with van der Waals surface area (Å²) in [7, 11) is 0. The van der Waals surface area contributed by atoms with Crippen LogP contribution in [0.2, 0.25) is 5.02 Å². The van der Waals surface area contributed by atoms with Crippen LogP contribution in [0.1, 0.15) is 12.0 Å². The highest BCUT2D eigenvalue weighted by Gasteiger charge is 2.20. The number of carbonyl (C=O) groups is 1. The zero-order valence-corrected chi connectivity index (χ0v) is 16.3. The van der Waals surface area contributed by atoms with Crippen molar-refractivity contribution in [2.24, 2.45) is 0 Å². The van der Waals surface area contributed by atoms with Crippen LogP contribution in [0.15, 0.2) is 48.5 Å². The van der Waals surface area contributed by atoms with Crippen LogP contribution >= 0.6 is 11.6 Å². The minimum atomic E-state index is -0.547. The Morgan fingerprint density at radius 2 is 1.79 bits per heavy atom. The van der Waals surface area contributed by atoms with E-state index in [1.54, 1.807) is 0 Å². The molecular weight excluding hydrogens is 380 g/mol. The van der Waals surface area contributed by atoms with Crippen molar-refractivity contribution in [2.45, 2.75) is 13.0 Å². The van der Waals surface area contributed by atoms with Crippen LogP contribution in [0.4, 0.5) is 11.4 Å². The summed E-state index contributed by atoms with van der Waals surface area (Å²) in [6.45, 7) is 4.57.